The minimum Gasteiger partial charge on any atom is -0.293 e. The molecule has 3 aliphatic rings. The molecule has 0 saturated carbocycles. The van der Waals surface area contributed by atoms with Gasteiger partial charge in [0, 0.05) is 5.92 Å². The lowest BCUT2D eigenvalue weighted by Gasteiger charge is -2.13. The van der Waals surface area contributed by atoms with Crippen LogP contribution in [0.25, 0.3) is 0 Å². The van der Waals surface area contributed by atoms with Gasteiger partial charge in [0.05, 0.1) is 4.48 Å². The summed E-state index contributed by atoms with van der Waals surface area (Å²) in [6.07, 6.45) is 8.35. The average Bonchev–Trinajstić information content (AvgIpc) is 2.22. The molecule has 2 atom stereocenters. The van der Waals surface area contributed by atoms with Crippen LogP contribution in [-0.2, 0) is 4.79 Å². The molecule has 0 radical (unpaired) electrons. The normalized spacial score (nSPS) is 35.4. The smallest absolute Gasteiger partial charge is 0.176 e. The average molecular weight is 213 g/mol. The van der Waals surface area contributed by atoms with E-state index in [9.17, 15) is 4.79 Å². The molecule has 3 aliphatic carbocycles. The summed E-state index contributed by atoms with van der Waals surface area (Å²) in [7, 11) is 0. The van der Waals surface area contributed by atoms with Crippen molar-refractivity contribution in [3.05, 3.63) is 22.7 Å². The molecule has 0 aromatic heterocycles. The Morgan fingerprint density at radius 3 is 2.82 bits per heavy atom. The van der Waals surface area contributed by atoms with E-state index in [0.29, 0.717) is 5.92 Å². The molecule has 0 heterocycles. The standard InChI is InChI=1S/C9H9BrO/c10-8-5-6-1-3-7(4-2-6)9(8)11/h1,3,5-7H,2,4H2. The minimum atomic E-state index is 0.152. The van der Waals surface area contributed by atoms with E-state index in [0.717, 1.165) is 17.3 Å². The fraction of sp³-hybridized carbons (Fsp3) is 0.444. The van der Waals surface area contributed by atoms with E-state index in [2.05, 4.69) is 22.0 Å². The zero-order valence-electron chi connectivity index (χ0n) is 6.09. The molecule has 3 rings (SSSR count). The van der Waals surface area contributed by atoms with Crippen LogP contribution >= 0.6 is 15.9 Å². The third-order valence-electron chi connectivity index (χ3n) is 2.33. The Labute approximate surface area is 74.3 Å². The summed E-state index contributed by atoms with van der Waals surface area (Å²) >= 11 is 3.30. The lowest BCUT2D eigenvalue weighted by atomic mass is 9.90. The SMILES string of the molecule is O=C1C(Br)=CC2C=CC1CC2. The van der Waals surface area contributed by atoms with E-state index in [4.69, 9.17) is 0 Å². The van der Waals surface area contributed by atoms with Crippen molar-refractivity contribution in [2.24, 2.45) is 11.8 Å². The van der Waals surface area contributed by atoms with E-state index in [1.807, 2.05) is 12.2 Å². The molecule has 11 heavy (non-hydrogen) atoms. The molecule has 0 N–H and O–H groups in total. The van der Waals surface area contributed by atoms with Crippen LogP contribution in [0.1, 0.15) is 12.8 Å². The summed E-state index contributed by atoms with van der Waals surface area (Å²) in [5, 5.41) is 0. The zero-order valence-corrected chi connectivity index (χ0v) is 7.67. The highest BCUT2D eigenvalue weighted by Crippen LogP contribution is 2.32. The number of allylic oxidation sites excluding steroid dienone is 4. The Morgan fingerprint density at radius 2 is 2.18 bits per heavy atom. The second-order valence-electron chi connectivity index (χ2n) is 3.11. The summed E-state index contributed by atoms with van der Waals surface area (Å²) in [5.74, 6) is 0.896. The minimum absolute atomic E-state index is 0.152. The van der Waals surface area contributed by atoms with Gasteiger partial charge in [-0.2, -0.15) is 0 Å². The van der Waals surface area contributed by atoms with Gasteiger partial charge in [0.2, 0.25) is 0 Å². The molecule has 1 nitrogen and oxygen atoms in total. The molecule has 0 fully saturated rings. The maximum Gasteiger partial charge on any atom is 0.176 e. The van der Waals surface area contributed by atoms with Crippen LogP contribution in [0.15, 0.2) is 22.7 Å². The third-order valence-corrected chi connectivity index (χ3v) is 2.99. The summed E-state index contributed by atoms with van der Waals surface area (Å²) in [5.41, 5.74) is 0. The van der Waals surface area contributed by atoms with Crippen molar-refractivity contribution in [2.75, 3.05) is 0 Å². The number of hydrogen-bond acceptors (Lipinski definition) is 1. The third kappa shape index (κ3) is 1.20. The number of Topliss-reactive ketones (excluding diaryl/α,β-unsaturated/α-hetero) is 1. The Hall–Kier alpha value is -0.370. The van der Waals surface area contributed by atoms with Crippen LogP contribution in [0.3, 0.4) is 0 Å². The van der Waals surface area contributed by atoms with Gasteiger partial charge in [-0.1, -0.05) is 18.2 Å². The van der Waals surface area contributed by atoms with Gasteiger partial charge >= 0.3 is 0 Å². The predicted octanol–water partition coefficient (Wildman–Crippen LogP) is 2.43. The van der Waals surface area contributed by atoms with Crippen molar-refractivity contribution in [2.45, 2.75) is 12.8 Å². The Bertz CT molecular complexity index is 252. The molecular weight excluding hydrogens is 204 g/mol. The zero-order chi connectivity index (χ0) is 7.84. The topological polar surface area (TPSA) is 17.1 Å². The lowest BCUT2D eigenvalue weighted by Crippen LogP contribution is -2.12. The fourth-order valence-electron chi connectivity index (χ4n) is 1.65. The molecule has 2 heteroatoms. The molecule has 0 spiro atoms. The highest BCUT2D eigenvalue weighted by atomic mass is 79.9. The highest BCUT2D eigenvalue weighted by molar-refractivity contribution is 9.12. The molecule has 0 amide bonds. The number of fused-ring (bicyclic) bond motifs is 2. The van der Waals surface area contributed by atoms with Crippen LogP contribution in [0.5, 0.6) is 0 Å². The maximum atomic E-state index is 11.4. The van der Waals surface area contributed by atoms with Gasteiger partial charge in [-0.05, 0) is 34.7 Å². The molecule has 58 valence electrons. The van der Waals surface area contributed by atoms with Crippen LogP contribution in [0, 0.1) is 11.8 Å². The van der Waals surface area contributed by atoms with Crippen molar-refractivity contribution < 1.29 is 4.79 Å². The van der Waals surface area contributed by atoms with E-state index < -0.39 is 0 Å². The van der Waals surface area contributed by atoms with Crippen LogP contribution < -0.4 is 0 Å². The number of carbonyl (C=O) groups is 1. The summed E-state index contributed by atoms with van der Waals surface area (Å²) in [6.45, 7) is 0. The van der Waals surface area contributed by atoms with Gasteiger partial charge < -0.3 is 0 Å². The van der Waals surface area contributed by atoms with Gasteiger partial charge in [0.15, 0.2) is 5.78 Å². The van der Waals surface area contributed by atoms with Gasteiger partial charge in [0.1, 0.15) is 0 Å². The molecule has 0 saturated heterocycles. The number of rotatable bonds is 0. The lowest BCUT2D eigenvalue weighted by molar-refractivity contribution is -0.117. The number of carbonyl (C=O) groups excluding carboxylic acids is 1. The van der Waals surface area contributed by atoms with Gasteiger partial charge in [-0.15, -0.1) is 0 Å². The Kier molecular flexibility index (Phi) is 1.72. The molecule has 0 aliphatic heterocycles. The largest absolute Gasteiger partial charge is 0.293 e. The molecule has 0 aromatic carbocycles. The summed E-state index contributed by atoms with van der Waals surface area (Å²) < 4.78 is 0.773. The van der Waals surface area contributed by atoms with E-state index in [-0.39, 0.29) is 11.7 Å². The maximum absolute atomic E-state index is 11.4. The second-order valence-corrected chi connectivity index (χ2v) is 3.97. The van der Waals surface area contributed by atoms with Gasteiger partial charge in [0.25, 0.3) is 0 Å². The highest BCUT2D eigenvalue weighted by Gasteiger charge is 2.26. The van der Waals surface area contributed by atoms with Gasteiger partial charge in [-0.25, -0.2) is 0 Å². The van der Waals surface area contributed by atoms with E-state index in [1.54, 1.807) is 0 Å². The summed E-state index contributed by atoms with van der Waals surface area (Å²) in [4.78, 5) is 11.4. The predicted molar refractivity (Wildman–Crippen MR) is 47.4 cm³/mol. The van der Waals surface area contributed by atoms with Crippen LogP contribution in [-0.4, -0.2) is 5.78 Å². The Balaban J connectivity index is 2.41. The Morgan fingerprint density at radius 1 is 1.36 bits per heavy atom. The monoisotopic (exact) mass is 212 g/mol. The quantitative estimate of drug-likeness (QED) is 0.565. The first-order valence-corrected chi connectivity index (χ1v) is 4.66. The molecule has 0 aromatic rings. The number of ketones is 1. The van der Waals surface area contributed by atoms with Crippen molar-refractivity contribution in [3.63, 3.8) is 0 Å². The van der Waals surface area contributed by atoms with Gasteiger partial charge in [-0.3, -0.25) is 4.79 Å². The summed E-state index contributed by atoms with van der Waals surface area (Å²) in [6, 6.07) is 0. The first kappa shape index (κ1) is 7.29. The molecule has 2 bridgehead atoms. The van der Waals surface area contributed by atoms with Crippen molar-refractivity contribution in [1.82, 2.24) is 0 Å². The van der Waals surface area contributed by atoms with Crippen LogP contribution in [0.2, 0.25) is 0 Å². The van der Waals surface area contributed by atoms with E-state index in [1.165, 1.54) is 0 Å². The van der Waals surface area contributed by atoms with Crippen molar-refractivity contribution >= 4 is 21.7 Å². The first-order chi connectivity index (χ1) is 5.27. The fourth-order valence-corrected chi connectivity index (χ4v) is 2.28. The van der Waals surface area contributed by atoms with Crippen molar-refractivity contribution in [1.29, 1.82) is 0 Å². The molecular formula is C9H9BrO. The first-order valence-electron chi connectivity index (χ1n) is 3.87. The molecule has 2 unspecified atom stereocenters. The van der Waals surface area contributed by atoms with Crippen LogP contribution in [0.4, 0.5) is 0 Å². The second kappa shape index (κ2) is 2.59. The number of halogens is 1. The number of hydrogen-bond donors (Lipinski definition) is 0. The van der Waals surface area contributed by atoms with E-state index >= 15 is 0 Å². The van der Waals surface area contributed by atoms with Crippen molar-refractivity contribution in [3.8, 4) is 0 Å².